The Kier molecular flexibility index (Phi) is 9.15. The van der Waals surface area contributed by atoms with Crippen molar-refractivity contribution in [3.8, 4) is 11.8 Å². The van der Waals surface area contributed by atoms with Crippen molar-refractivity contribution in [2.24, 2.45) is 0 Å². The molecule has 0 saturated carbocycles. The first-order chi connectivity index (χ1) is 14.2. The van der Waals surface area contributed by atoms with E-state index in [1.54, 1.807) is 13.1 Å². The second kappa shape index (κ2) is 11.1. The van der Waals surface area contributed by atoms with Crippen LogP contribution in [0.25, 0.3) is 0 Å². The molecule has 31 heavy (non-hydrogen) atoms. The fraction of sp³-hybridized carbons (Fsp3) is 0.333. The molecule has 3 N–H and O–H groups in total. The predicted octanol–water partition coefficient (Wildman–Crippen LogP) is 1.15. The van der Waals surface area contributed by atoms with E-state index in [1.165, 1.54) is 32.4 Å². The van der Waals surface area contributed by atoms with Crippen LogP contribution in [0.3, 0.4) is 0 Å². The van der Waals surface area contributed by atoms with Gasteiger partial charge in [0.15, 0.2) is 0 Å². The summed E-state index contributed by atoms with van der Waals surface area (Å²) in [4.78, 5) is 31.6. The zero-order valence-corrected chi connectivity index (χ0v) is 17.5. The molecule has 2 amide bonds. The molecule has 0 unspecified atom stereocenters. The first-order valence-electron chi connectivity index (χ1n) is 8.40. The van der Waals surface area contributed by atoms with Gasteiger partial charge in [-0.25, -0.2) is 22.7 Å². The van der Waals surface area contributed by atoms with Crippen LogP contribution in [0.5, 0.6) is 11.8 Å². The molecule has 170 valence electrons. The number of sulfonamides is 1. The fourth-order valence-electron chi connectivity index (χ4n) is 2.35. The molecule has 13 heteroatoms. The molecule has 0 radical (unpaired) electrons. The van der Waals surface area contributed by atoms with E-state index in [4.69, 9.17) is 9.47 Å². The molecule has 1 aromatic carbocycles. The Morgan fingerprint density at radius 1 is 1.03 bits per heavy atom. The van der Waals surface area contributed by atoms with E-state index in [-0.39, 0.29) is 30.7 Å². The summed E-state index contributed by atoms with van der Waals surface area (Å²) in [6, 6.07) is 4.36. The van der Waals surface area contributed by atoms with E-state index >= 15 is 0 Å². The van der Waals surface area contributed by atoms with Gasteiger partial charge >= 0.3 is 12.0 Å². The maximum Gasteiger partial charge on any atom is 0.339 e. The molecule has 0 aliphatic carbocycles. The third-order valence-corrected chi connectivity index (χ3v) is 5.04. The Labute approximate surface area is 180 Å². The average molecular weight is 455 g/mol. The number of carbonyl (C=O) groups excluding carboxylic acids is 2. The second-order valence-electron chi connectivity index (χ2n) is 5.69. The van der Waals surface area contributed by atoms with Gasteiger partial charge < -0.3 is 19.5 Å². The van der Waals surface area contributed by atoms with E-state index < -0.39 is 26.9 Å². The maximum absolute atomic E-state index is 12.8. The summed E-state index contributed by atoms with van der Waals surface area (Å²) in [5.41, 5.74) is 0.351. The first-order valence-corrected chi connectivity index (χ1v) is 9.89. The molecule has 2 aromatic rings. The predicted molar refractivity (Wildman–Crippen MR) is 112 cm³/mol. The highest BCUT2D eigenvalue weighted by molar-refractivity contribution is 7.90. The van der Waals surface area contributed by atoms with E-state index in [9.17, 15) is 18.0 Å². The largest absolute Gasteiger partial charge is 0.481 e. The molecular formula is C18H25N5O7S. The Morgan fingerprint density at radius 2 is 1.65 bits per heavy atom. The highest BCUT2D eigenvalue weighted by Gasteiger charge is 2.26. The molecule has 2 rings (SSSR count). The topological polar surface area (TPSA) is 158 Å². The van der Waals surface area contributed by atoms with Crippen molar-refractivity contribution in [2.75, 3.05) is 33.7 Å². The number of carbonyl (C=O) groups is 2. The van der Waals surface area contributed by atoms with Crippen LogP contribution in [0.4, 0.5) is 10.7 Å². The lowest BCUT2D eigenvalue weighted by Crippen LogP contribution is -2.35. The van der Waals surface area contributed by atoms with Gasteiger partial charge in [0.1, 0.15) is 4.90 Å². The van der Waals surface area contributed by atoms with Crippen LogP contribution in [0, 0.1) is 0 Å². The second-order valence-corrected chi connectivity index (χ2v) is 7.34. The number of hydrogen-bond acceptors (Lipinski definition) is 10. The monoisotopic (exact) mass is 455 g/mol. The number of aromatic nitrogens is 2. The fourth-order valence-corrected chi connectivity index (χ4v) is 3.51. The molecule has 1 aromatic heterocycles. The lowest BCUT2D eigenvalue weighted by atomic mass is 10.1. The molecular weight excluding hydrogens is 430 g/mol. The van der Waals surface area contributed by atoms with Crippen LogP contribution in [0.1, 0.15) is 23.3 Å². The van der Waals surface area contributed by atoms with E-state index in [2.05, 4.69) is 25.3 Å². The number of nitrogens with zero attached hydrogens (tertiary/aromatic N) is 2. The van der Waals surface area contributed by atoms with Gasteiger partial charge in [0, 0.05) is 6.54 Å². The smallest absolute Gasteiger partial charge is 0.339 e. The van der Waals surface area contributed by atoms with Gasteiger partial charge in [0.2, 0.25) is 17.7 Å². The van der Waals surface area contributed by atoms with Gasteiger partial charge in [-0.3, -0.25) is 5.32 Å². The summed E-state index contributed by atoms with van der Waals surface area (Å²) in [7, 11) is 1.05. The third-order valence-electron chi connectivity index (χ3n) is 3.67. The van der Waals surface area contributed by atoms with Gasteiger partial charge in [-0.15, -0.1) is 0 Å². The van der Waals surface area contributed by atoms with Crippen LogP contribution in [-0.4, -0.2) is 58.8 Å². The van der Waals surface area contributed by atoms with Gasteiger partial charge in [0.05, 0.1) is 33.0 Å². The number of urea groups is 1. The third kappa shape index (κ3) is 6.52. The molecule has 0 fully saturated rings. The van der Waals surface area contributed by atoms with Gasteiger partial charge in [-0.1, -0.05) is 13.5 Å². The lowest BCUT2D eigenvalue weighted by molar-refractivity contribution is 0.0596. The van der Waals surface area contributed by atoms with E-state index in [0.717, 1.165) is 7.11 Å². The van der Waals surface area contributed by atoms with Crippen LogP contribution < -0.4 is 24.8 Å². The first kappa shape index (κ1) is 25.6. The molecule has 0 atom stereocenters. The lowest BCUT2D eigenvalue weighted by Gasteiger charge is -2.13. The highest BCUT2D eigenvalue weighted by atomic mass is 32.2. The zero-order chi connectivity index (χ0) is 22.3. The Morgan fingerprint density at radius 3 is 2.16 bits per heavy atom. The Balaban J connectivity index is 0.00000480. The summed E-state index contributed by atoms with van der Waals surface area (Å²) in [5.74, 6) is -0.941. The molecule has 0 bridgehead atoms. The van der Waals surface area contributed by atoms with Crippen molar-refractivity contribution in [2.45, 2.75) is 18.9 Å². The highest BCUT2D eigenvalue weighted by Crippen LogP contribution is 2.20. The van der Waals surface area contributed by atoms with Gasteiger partial charge in [-0.2, -0.15) is 9.97 Å². The number of hydrogen-bond donors (Lipinski definition) is 3. The molecule has 0 spiro atoms. The minimum atomic E-state index is -4.45. The number of methoxy groups -OCH3 is 3. The standard InChI is InChI=1S/C17H21N5O7S.CH4/c1-18-9-10-5-6-11(15(23)29-4)12(7-10)30(25,26)22-17(24)21-16-19-13(27-2)8-14(20-16)28-3;/h5-8,18H,9H2,1-4H3,(H2,19,20,21,22,24);1H4. The quantitative estimate of drug-likeness (QED) is 0.493. The molecule has 0 aliphatic heterocycles. The van der Waals surface area contributed by atoms with Gasteiger partial charge in [0.25, 0.3) is 10.0 Å². The maximum atomic E-state index is 12.8. The number of benzene rings is 1. The molecule has 1 heterocycles. The van der Waals surface area contributed by atoms with Crippen molar-refractivity contribution >= 4 is 28.0 Å². The number of esters is 1. The van der Waals surface area contributed by atoms with Crippen LogP contribution in [0.15, 0.2) is 29.2 Å². The summed E-state index contributed by atoms with van der Waals surface area (Å²) >= 11 is 0. The van der Waals surface area contributed by atoms with Crippen LogP contribution in [-0.2, 0) is 21.3 Å². The van der Waals surface area contributed by atoms with Crippen molar-refractivity contribution in [1.82, 2.24) is 20.0 Å². The summed E-state index contributed by atoms with van der Waals surface area (Å²) in [6.45, 7) is 0.341. The van der Waals surface area contributed by atoms with Crippen LogP contribution >= 0.6 is 0 Å². The summed E-state index contributed by atoms with van der Waals surface area (Å²) in [5, 5.41) is 5.05. The number of nitrogens with one attached hydrogen (secondary N) is 3. The molecule has 0 saturated heterocycles. The summed E-state index contributed by atoms with van der Waals surface area (Å²) < 4.78 is 41.9. The number of amides is 2. The number of ether oxygens (including phenoxy) is 3. The Hall–Kier alpha value is -3.45. The minimum absolute atomic E-state index is 0. The van der Waals surface area contributed by atoms with Crippen molar-refractivity contribution < 1.29 is 32.2 Å². The molecule has 0 aliphatic rings. The minimum Gasteiger partial charge on any atom is -0.481 e. The number of rotatable bonds is 8. The summed E-state index contributed by atoms with van der Waals surface area (Å²) in [6.07, 6.45) is 0. The van der Waals surface area contributed by atoms with E-state index in [1.807, 2.05) is 4.72 Å². The average Bonchev–Trinajstić information content (AvgIpc) is 2.72. The number of anilines is 1. The SMILES string of the molecule is C.CNCc1ccc(C(=O)OC)c(S(=O)(=O)NC(=O)Nc2nc(OC)cc(OC)n2)c1. The molecule has 12 nitrogen and oxygen atoms in total. The van der Waals surface area contributed by atoms with Crippen molar-refractivity contribution in [3.05, 3.63) is 35.4 Å². The van der Waals surface area contributed by atoms with Crippen molar-refractivity contribution in [1.29, 1.82) is 0 Å². The zero-order valence-electron chi connectivity index (χ0n) is 16.7. The van der Waals surface area contributed by atoms with Crippen LogP contribution in [0.2, 0.25) is 0 Å². The normalized spacial score (nSPS) is 10.5. The Bertz CT molecular complexity index is 1020. The van der Waals surface area contributed by atoms with Crippen molar-refractivity contribution in [3.63, 3.8) is 0 Å². The van der Waals surface area contributed by atoms with E-state index in [0.29, 0.717) is 12.1 Å². The van der Waals surface area contributed by atoms with Gasteiger partial charge in [-0.05, 0) is 24.7 Å².